The molecule has 0 aromatic rings. The summed E-state index contributed by atoms with van der Waals surface area (Å²) in [7, 11) is 0. The molecule has 0 bridgehead atoms. The van der Waals surface area contributed by atoms with Crippen LogP contribution in [0.5, 0.6) is 0 Å². The molecule has 2 spiro atoms. The topological polar surface area (TPSA) is 118 Å². The molecule has 3 N–H and O–H groups in total. The maximum absolute atomic E-state index is 13.3. The van der Waals surface area contributed by atoms with Crippen molar-refractivity contribution in [3.8, 4) is 0 Å². The third-order valence-electron chi connectivity index (χ3n) is 16.8. The second-order valence-electron chi connectivity index (χ2n) is 19.9. The Hall–Kier alpha value is -0.810. The van der Waals surface area contributed by atoms with E-state index in [9.17, 15) is 20.1 Å². The van der Waals surface area contributed by atoms with E-state index >= 15 is 0 Å². The largest absolute Gasteiger partial charge is 0.390 e. The third kappa shape index (κ3) is 4.30. The molecule has 3 aliphatic heterocycles. The molecule has 272 valence electrons. The van der Waals surface area contributed by atoms with Crippen molar-refractivity contribution in [2.75, 3.05) is 32.9 Å². The van der Waals surface area contributed by atoms with E-state index in [1.165, 1.54) is 12.8 Å². The summed E-state index contributed by atoms with van der Waals surface area (Å²) in [5.41, 5.74) is -1.52. The number of hydrogen-bond donors (Lipinski definition) is 3. The van der Waals surface area contributed by atoms with Gasteiger partial charge in [0.05, 0.1) is 61.8 Å². The van der Waals surface area contributed by atoms with E-state index < -0.39 is 35.6 Å². The van der Waals surface area contributed by atoms with Gasteiger partial charge in [0.25, 0.3) is 0 Å². The van der Waals surface area contributed by atoms with Crippen LogP contribution in [0.3, 0.4) is 0 Å². The first-order valence-corrected chi connectivity index (χ1v) is 19.2. The summed E-state index contributed by atoms with van der Waals surface area (Å²) >= 11 is 0. The smallest absolute Gasteiger partial charge is 0.233 e. The lowest BCUT2D eigenvalue weighted by Crippen LogP contribution is -2.61. The Balaban J connectivity index is 1.01. The molecule has 5 saturated carbocycles. The van der Waals surface area contributed by atoms with E-state index in [-0.39, 0.29) is 57.0 Å². The number of hydrogen-bond acceptors (Lipinski definition) is 8. The normalized spacial score (nSPS) is 52.5. The molecule has 8 rings (SSSR count). The molecule has 0 radical (unpaired) electrons. The summed E-state index contributed by atoms with van der Waals surface area (Å²) in [6.07, 6.45) is 5.93. The molecule has 0 aromatic heterocycles. The van der Waals surface area contributed by atoms with Gasteiger partial charge < -0.3 is 39.2 Å². The third-order valence-corrected chi connectivity index (χ3v) is 16.8. The number of aliphatic hydroxyl groups excluding tert-OH is 2. The highest BCUT2D eigenvalue weighted by Gasteiger charge is 2.84. The summed E-state index contributed by atoms with van der Waals surface area (Å²) < 4.78 is 25.0. The van der Waals surface area contributed by atoms with Gasteiger partial charge >= 0.3 is 0 Å². The Morgan fingerprint density at radius 2 is 1.69 bits per heavy atom. The van der Waals surface area contributed by atoms with Gasteiger partial charge in [0.2, 0.25) is 5.91 Å². The zero-order valence-electron chi connectivity index (χ0n) is 30.8. The zero-order chi connectivity index (χ0) is 34.4. The van der Waals surface area contributed by atoms with Crippen LogP contribution in [0, 0.1) is 56.2 Å². The lowest BCUT2D eigenvalue weighted by molar-refractivity contribution is -0.250. The molecule has 3 saturated heterocycles. The number of morpholine rings is 1. The van der Waals surface area contributed by atoms with Crippen LogP contribution < -0.4 is 0 Å². The minimum atomic E-state index is -1.26. The molecule has 8 fully saturated rings. The second kappa shape index (κ2) is 10.6. The van der Waals surface area contributed by atoms with E-state index in [4.69, 9.17) is 18.9 Å². The number of carbonyl (C=O) groups is 1. The van der Waals surface area contributed by atoms with Crippen LogP contribution in [0.1, 0.15) is 107 Å². The molecular weight excluding hydrogens is 610 g/mol. The highest BCUT2D eigenvalue weighted by atomic mass is 16.7. The van der Waals surface area contributed by atoms with Crippen molar-refractivity contribution < 1.29 is 39.1 Å². The Kier molecular flexibility index (Phi) is 7.59. The van der Waals surface area contributed by atoms with E-state index in [0.29, 0.717) is 51.2 Å². The summed E-state index contributed by atoms with van der Waals surface area (Å²) in [6.45, 7) is 19.8. The molecule has 14 atom stereocenters. The van der Waals surface area contributed by atoms with Gasteiger partial charge in [0, 0.05) is 12.0 Å². The van der Waals surface area contributed by atoms with Crippen LogP contribution in [-0.2, 0) is 23.7 Å². The lowest BCUT2D eigenvalue weighted by atomic mass is 9.41. The average Bonchev–Trinajstić information content (AvgIpc) is 3.65. The predicted octanol–water partition coefficient (Wildman–Crippen LogP) is 4.54. The Labute approximate surface area is 287 Å². The highest BCUT2D eigenvalue weighted by Crippen LogP contribution is 2.89. The van der Waals surface area contributed by atoms with E-state index in [2.05, 4.69) is 34.6 Å². The first kappa shape index (κ1) is 34.3. The molecule has 1 amide bonds. The van der Waals surface area contributed by atoms with Crippen molar-refractivity contribution in [1.82, 2.24) is 4.90 Å². The van der Waals surface area contributed by atoms with E-state index in [0.717, 1.165) is 32.1 Å². The van der Waals surface area contributed by atoms with E-state index in [1.807, 2.05) is 11.8 Å². The van der Waals surface area contributed by atoms with Gasteiger partial charge in [-0.1, -0.05) is 34.6 Å². The highest BCUT2D eigenvalue weighted by molar-refractivity contribution is 5.83. The average molecular weight is 674 g/mol. The van der Waals surface area contributed by atoms with E-state index in [1.54, 1.807) is 13.8 Å². The van der Waals surface area contributed by atoms with Gasteiger partial charge in [-0.05, 0) is 117 Å². The van der Waals surface area contributed by atoms with Crippen LogP contribution in [0.15, 0.2) is 0 Å². The SMILES string of the molecule is C[C@@H]1CC(C(O)C(C)(C)O)OC2[C@H]1C1(C)CCC34CC35CCC(O[C@H]3CN(C(=O)C6(C)COC6)CCO3)C(C)(C)[C@@H]5CCC4[C@]1(C)[C@H]2O. The first-order chi connectivity index (χ1) is 22.4. The molecule has 9 heteroatoms. The van der Waals surface area contributed by atoms with Crippen molar-refractivity contribution in [3.05, 3.63) is 0 Å². The van der Waals surface area contributed by atoms with Crippen LogP contribution in [0.2, 0.25) is 0 Å². The molecule has 3 heterocycles. The fraction of sp³-hybridized carbons (Fsp3) is 0.974. The van der Waals surface area contributed by atoms with Gasteiger partial charge in [-0.15, -0.1) is 0 Å². The van der Waals surface area contributed by atoms with Crippen LogP contribution in [0.4, 0.5) is 0 Å². The first-order valence-electron chi connectivity index (χ1n) is 19.2. The van der Waals surface area contributed by atoms with Crippen LogP contribution in [0.25, 0.3) is 0 Å². The fourth-order valence-corrected chi connectivity index (χ4v) is 14.2. The van der Waals surface area contributed by atoms with Crippen molar-refractivity contribution in [2.24, 2.45) is 56.2 Å². The molecule has 0 aromatic carbocycles. The zero-order valence-corrected chi connectivity index (χ0v) is 30.8. The minimum Gasteiger partial charge on any atom is -0.390 e. The lowest BCUT2D eigenvalue weighted by Gasteiger charge is -2.64. The summed E-state index contributed by atoms with van der Waals surface area (Å²) in [5.74, 6) is 1.65. The standard InChI is InChI=1S/C39H63NO8/c1-22-17-23(30(41)34(4,5)44)47-29-28(22)36(7)13-14-39-19-38(39)12-11-26(33(2,3)24(38)9-10-25(39)37(36,8)31(29)42)48-27-18-40(15-16-46-27)32(43)35(6)20-45-21-35/h22-31,41-42,44H,9-21H2,1-8H3/t22-,23?,24+,25?,26?,27+,28+,29?,30?,31+,36?,37-,38?,39?/m1/s1. The number of nitrogens with zero attached hydrogens (tertiary/aromatic N) is 1. The number of amides is 1. The molecular formula is C39H63NO8. The second-order valence-corrected chi connectivity index (χ2v) is 19.9. The van der Waals surface area contributed by atoms with Gasteiger partial charge in [-0.25, -0.2) is 0 Å². The Morgan fingerprint density at radius 1 is 1.00 bits per heavy atom. The number of aliphatic hydroxyl groups is 3. The monoisotopic (exact) mass is 673 g/mol. The van der Waals surface area contributed by atoms with Gasteiger partial charge in [0.15, 0.2) is 6.29 Å². The number of rotatable bonds is 5. The van der Waals surface area contributed by atoms with Crippen molar-refractivity contribution >= 4 is 5.91 Å². The van der Waals surface area contributed by atoms with Crippen LogP contribution in [-0.4, -0.2) is 101 Å². The summed E-state index contributed by atoms with van der Waals surface area (Å²) in [5, 5.41) is 34.1. The molecule has 48 heavy (non-hydrogen) atoms. The quantitative estimate of drug-likeness (QED) is 0.390. The number of ether oxygens (including phenoxy) is 4. The minimum absolute atomic E-state index is 0.0296. The maximum Gasteiger partial charge on any atom is 0.233 e. The number of carbonyl (C=O) groups excluding carboxylic acids is 1. The molecule has 8 unspecified atom stereocenters. The summed E-state index contributed by atoms with van der Waals surface area (Å²) in [6, 6.07) is 0. The maximum atomic E-state index is 13.3. The predicted molar refractivity (Wildman–Crippen MR) is 179 cm³/mol. The van der Waals surface area contributed by atoms with Gasteiger partial charge in [-0.2, -0.15) is 0 Å². The summed E-state index contributed by atoms with van der Waals surface area (Å²) in [4.78, 5) is 15.2. The van der Waals surface area contributed by atoms with Gasteiger partial charge in [-0.3, -0.25) is 4.79 Å². The van der Waals surface area contributed by atoms with Gasteiger partial charge in [0.1, 0.15) is 6.10 Å². The molecule has 5 aliphatic carbocycles. The Morgan fingerprint density at radius 3 is 2.35 bits per heavy atom. The Bertz CT molecular complexity index is 1310. The molecule has 9 nitrogen and oxygen atoms in total. The van der Waals surface area contributed by atoms with Crippen LogP contribution >= 0.6 is 0 Å². The molecule has 8 aliphatic rings. The van der Waals surface area contributed by atoms with Crippen molar-refractivity contribution in [3.63, 3.8) is 0 Å². The van der Waals surface area contributed by atoms with Crippen molar-refractivity contribution in [2.45, 2.75) is 149 Å². The fourth-order valence-electron chi connectivity index (χ4n) is 14.2. The number of fused-ring (bicyclic) bond motifs is 4. The van der Waals surface area contributed by atoms with Crippen molar-refractivity contribution in [1.29, 1.82) is 0 Å².